The van der Waals surface area contributed by atoms with Gasteiger partial charge < -0.3 is 19.5 Å². The number of carbonyl (C=O) groups excluding carboxylic acids is 2. The number of hydrogen-bond donors (Lipinski definition) is 1. The second kappa shape index (κ2) is 8.47. The van der Waals surface area contributed by atoms with Gasteiger partial charge in [0.25, 0.3) is 11.7 Å². The maximum atomic E-state index is 12.9. The molecule has 0 aliphatic carbocycles. The van der Waals surface area contributed by atoms with E-state index >= 15 is 0 Å². The van der Waals surface area contributed by atoms with Crippen LogP contribution in [0.25, 0.3) is 5.76 Å². The number of aliphatic hydroxyl groups is 1. The Bertz CT molecular complexity index is 997. The Morgan fingerprint density at radius 1 is 1.24 bits per heavy atom. The third-order valence-corrected chi connectivity index (χ3v) is 6.25. The molecular formula is C21H22ClNO5S. The number of benzene rings is 1. The average Bonchev–Trinajstić information content (AvgIpc) is 3.23. The lowest BCUT2D eigenvalue weighted by Gasteiger charge is -2.24. The summed E-state index contributed by atoms with van der Waals surface area (Å²) in [5.74, 6) is -1.00. The van der Waals surface area contributed by atoms with E-state index in [1.165, 1.54) is 42.6 Å². The average molecular weight is 436 g/mol. The number of halogens is 1. The van der Waals surface area contributed by atoms with Crippen LogP contribution < -0.4 is 9.47 Å². The summed E-state index contributed by atoms with van der Waals surface area (Å²) in [5, 5.41) is 13.3. The summed E-state index contributed by atoms with van der Waals surface area (Å²) < 4.78 is 10.6. The second-order valence-electron chi connectivity index (χ2n) is 6.65. The molecule has 1 fully saturated rings. The van der Waals surface area contributed by atoms with Gasteiger partial charge >= 0.3 is 0 Å². The number of nitrogens with zero attached hydrogens (tertiary/aromatic N) is 1. The molecule has 2 heterocycles. The standard InChI is InChI=1S/C21H22ClNO5S/c1-5-7-23-17(20-11(2)6-8-29-20)16(19(25)21(23)26)18(24)12-9-13(22)15(28-4)10-14(12)27-3/h6,8-10,17,24H,5,7H2,1-4H3/b18-16+. The zero-order valence-electron chi connectivity index (χ0n) is 16.6. The van der Waals surface area contributed by atoms with Gasteiger partial charge in [-0.2, -0.15) is 0 Å². The van der Waals surface area contributed by atoms with Crippen molar-refractivity contribution in [3.63, 3.8) is 0 Å². The molecule has 154 valence electrons. The van der Waals surface area contributed by atoms with Gasteiger partial charge in [0.2, 0.25) is 0 Å². The summed E-state index contributed by atoms with van der Waals surface area (Å²) in [7, 11) is 2.91. The third kappa shape index (κ3) is 3.60. The van der Waals surface area contributed by atoms with E-state index in [0.29, 0.717) is 18.7 Å². The summed E-state index contributed by atoms with van der Waals surface area (Å²) in [6.07, 6.45) is 0.686. The number of Topliss-reactive ketones (excluding diaryl/α,β-unsaturated/α-hetero) is 1. The van der Waals surface area contributed by atoms with Crippen LogP contribution in [0.4, 0.5) is 0 Å². The fraction of sp³-hybridized carbons (Fsp3) is 0.333. The lowest BCUT2D eigenvalue weighted by atomic mass is 9.97. The molecule has 0 spiro atoms. The van der Waals surface area contributed by atoms with Crippen molar-refractivity contribution in [1.82, 2.24) is 4.90 Å². The Kier molecular flexibility index (Phi) is 6.19. The Morgan fingerprint density at radius 2 is 1.93 bits per heavy atom. The van der Waals surface area contributed by atoms with Crippen molar-refractivity contribution in [2.24, 2.45) is 0 Å². The fourth-order valence-corrected chi connectivity index (χ4v) is 4.77. The summed E-state index contributed by atoms with van der Waals surface area (Å²) in [4.78, 5) is 28.0. The maximum Gasteiger partial charge on any atom is 0.295 e. The number of hydrogen-bond acceptors (Lipinski definition) is 6. The summed E-state index contributed by atoms with van der Waals surface area (Å²) >= 11 is 7.69. The first-order chi connectivity index (χ1) is 13.8. The van der Waals surface area contributed by atoms with Crippen LogP contribution in [0.3, 0.4) is 0 Å². The van der Waals surface area contributed by atoms with Gasteiger partial charge in [-0.05, 0) is 36.4 Å². The van der Waals surface area contributed by atoms with Crippen LogP contribution in [0.5, 0.6) is 11.5 Å². The molecule has 2 aromatic rings. The molecule has 6 nitrogen and oxygen atoms in total. The van der Waals surface area contributed by atoms with Gasteiger partial charge in [-0.3, -0.25) is 9.59 Å². The largest absolute Gasteiger partial charge is 0.507 e. The summed E-state index contributed by atoms with van der Waals surface area (Å²) in [6, 6.07) is 4.28. The van der Waals surface area contributed by atoms with Gasteiger partial charge in [-0.15, -0.1) is 11.3 Å². The molecular weight excluding hydrogens is 414 g/mol. The van der Waals surface area contributed by atoms with Crippen LogP contribution in [0.15, 0.2) is 29.2 Å². The monoisotopic (exact) mass is 435 g/mol. The Morgan fingerprint density at radius 3 is 2.48 bits per heavy atom. The molecule has 1 atom stereocenters. The van der Waals surface area contributed by atoms with Gasteiger partial charge in [-0.25, -0.2) is 0 Å². The second-order valence-corrected chi connectivity index (χ2v) is 8.00. The Labute approximate surface area is 178 Å². The summed E-state index contributed by atoms with van der Waals surface area (Å²) in [5.41, 5.74) is 1.22. The SMILES string of the molecule is CCCN1C(=O)C(=O)/C(=C(/O)c2cc(Cl)c(OC)cc2OC)C1c1sccc1C. The van der Waals surface area contributed by atoms with Crippen molar-refractivity contribution in [1.29, 1.82) is 0 Å². The van der Waals surface area contributed by atoms with Crippen molar-refractivity contribution >= 4 is 40.4 Å². The lowest BCUT2D eigenvalue weighted by Crippen LogP contribution is -2.30. The van der Waals surface area contributed by atoms with E-state index in [-0.39, 0.29) is 27.7 Å². The third-order valence-electron chi connectivity index (χ3n) is 4.88. The van der Waals surface area contributed by atoms with Gasteiger partial charge in [0, 0.05) is 17.5 Å². The fourth-order valence-electron chi connectivity index (χ4n) is 3.48. The first-order valence-corrected chi connectivity index (χ1v) is 10.4. The first-order valence-electron chi connectivity index (χ1n) is 9.09. The number of aryl methyl sites for hydroxylation is 1. The molecule has 1 aromatic carbocycles. The van der Waals surface area contributed by atoms with Crippen molar-refractivity contribution < 1.29 is 24.2 Å². The van der Waals surface area contributed by atoms with E-state index in [1.54, 1.807) is 0 Å². The number of thiophene rings is 1. The minimum absolute atomic E-state index is 0.0357. The number of aliphatic hydroxyl groups excluding tert-OH is 1. The number of amides is 1. The Hall–Kier alpha value is -2.51. The summed E-state index contributed by atoms with van der Waals surface area (Å²) in [6.45, 7) is 4.26. The molecule has 1 saturated heterocycles. The van der Waals surface area contributed by atoms with Crippen molar-refractivity contribution in [3.8, 4) is 11.5 Å². The van der Waals surface area contributed by atoms with Crippen LogP contribution in [0.1, 0.15) is 35.4 Å². The molecule has 3 rings (SSSR count). The zero-order chi connectivity index (χ0) is 21.3. The zero-order valence-corrected chi connectivity index (χ0v) is 18.2. The van der Waals surface area contributed by atoms with Crippen LogP contribution in [-0.2, 0) is 9.59 Å². The highest BCUT2D eigenvalue weighted by Gasteiger charge is 2.46. The van der Waals surface area contributed by atoms with E-state index in [9.17, 15) is 14.7 Å². The smallest absolute Gasteiger partial charge is 0.295 e. The van der Waals surface area contributed by atoms with E-state index in [4.69, 9.17) is 21.1 Å². The highest BCUT2D eigenvalue weighted by atomic mass is 35.5. The number of carbonyl (C=O) groups is 2. The Balaban J connectivity index is 2.26. The molecule has 1 aromatic heterocycles. The van der Waals surface area contributed by atoms with E-state index in [1.807, 2.05) is 25.3 Å². The van der Waals surface area contributed by atoms with Gasteiger partial charge in [0.05, 0.1) is 36.4 Å². The maximum absolute atomic E-state index is 12.9. The molecule has 1 unspecified atom stereocenters. The van der Waals surface area contributed by atoms with E-state index in [0.717, 1.165) is 10.4 Å². The number of ether oxygens (including phenoxy) is 2. The highest BCUT2D eigenvalue weighted by molar-refractivity contribution is 7.10. The van der Waals surface area contributed by atoms with E-state index in [2.05, 4.69) is 0 Å². The molecule has 1 amide bonds. The molecule has 1 N–H and O–H groups in total. The normalized spacial score (nSPS) is 18.4. The van der Waals surface area contributed by atoms with Gasteiger partial charge in [-0.1, -0.05) is 18.5 Å². The number of methoxy groups -OCH3 is 2. The topological polar surface area (TPSA) is 76.1 Å². The van der Waals surface area contributed by atoms with Crippen molar-refractivity contribution in [3.05, 3.63) is 50.2 Å². The molecule has 1 aliphatic heterocycles. The number of rotatable bonds is 6. The molecule has 1 aliphatic rings. The predicted molar refractivity (Wildman–Crippen MR) is 113 cm³/mol. The minimum Gasteiger partial charge on any atom is -0.507 e. The van der Waals surface area contributed by atoms with Crippen LogP contribution in [-0.4, -0.2) is 42.5 Å². The highest BCUT2D eigenvalue weighted by Crippen LogP contribution is 2.44. The number of ketones is 1. The first kappa shape index (κ1) is 21.2. The van der Waals surface area contributed by atoms with Gasteiger partial charge in [0.1, 0.15) is 17.3 Å². The van der Waals surface area contributed by atoms with Gasteiger partial charge in [0.15, 0.2) is 0 Å². The minimum atomic E-state index is -0.720. The molecule has 0 radical (unpaired) electrons. The lowest BCUT2D eigenvalue weighted by molar-refractivity contribution is -0.139. The van der Waals surface area contributed by atoms with Crippen molar-refractivity contribution in [2.45, 2.75) is 26.3 Å². The van der Waals surface area contributed by atoms with Crippen LogP contribution in [0, 0.1) is 6.92 Å². The number of likely N-dealkylation sites (tertiary alicyclic amines) is 1. The predicted octanol–water partition coefficient (Wildman–Crippen LogP) is 4.56. The van der Waals surface area contributed by atoms with Crippen LogP contribution >= 0.6 is 22.9 Å². The molecule has 29 heavy (non-hydrogen) atoms. The quantitative estimate of drug-likeness (QED) is 0.409. The van der Waals surface area contributed by atoms with E-state index < -0.39 is 17.7 Å². The van der Waals surface area contributed by atoms with Crippen LogP contribution in [0.2, 0.25) is 5.02 Å². The molecule has 0 bridgehead atoms. The molecule has 8 heteroatoms. The van der Waals surface area contributed by atoms with Crippen molar-refractivity contribution in [2.75, 3.05) is 20.8 Å². The molecule has 0 saturated carbocycles.